The zero-order valence-corrected chi connectivity index (χ0v) is 9.21. The first kappa shape index (κ1) is 10.5. The number of carbonyl (C=O) groups is 1. The first-order valence-electron chi connectivity index (χ1n) is 4.19. The highest BCUT2D eigenvalue weighted by Crippen LogP contribution is 2.21. The minimum absolute atomic E-state index is 0.0747. The van der Waals surface area contributed by atoms with Crippen molar-refractivity contribution in [2.45, 2.75) is 26.3 Å². The van der Waals surface area contributed by atoms with E-state index in [1.807, 2.05) is 19.2 Å². The third kappa shape index (κ3) is 2.71. The summed E-state index contributed by atoms with van der Waals surface area (Å²) in [7, 11) is 0. The second-order valence-corrected chi connectivity index (χ2v) is 4.20. The summed E-state index contributed by atoms with van der Waals surface area (Å²) in [6.45, 7) is 4.00. The third-order valence-corrected chi connectivity index (χ3v) is 3.15. The maximum absolute atomic E-state index is 11.5. The van der Waals surface area contributed by atoms with Crippen LogP contribution in [0, 0.1) is 0 Å². The van der Waals surface area contributed by atoms with Crippen LogP contribution in [0.3, 0.4) is 0 Å². The average molecular weight is 218 g/mol. The first-order valence-corrected chi connectivity index (χ1v) is 5.44. The van der Waals surface area contributed by atoms with Gasteiger partial charge in [0.25, 0.3) is 5.91 Å². The second-order valence-electron chi connectivity index (χ2n) is 2.88. The molecular weight excluding hydrogens is 206 g/mol. The molecule has 1 rings (SSSR count). The molecule has 1 aromatic rings. The van der Waals surface area contributed by atoms with Gasteiger partial charge in [-0.15, -0.1) is 11.3 Å². The van der Waals surface area contributed by atoms with Gasteiger partial charge < -0.3 is 5.32 Å². The number of halogens is 1. The number of amides is 1. The maximum Gasteiger partial charge on any atom is 0.263 e. The Hall–Kier alpha value is -0.540. The fraction of sp³-hybridized carbons (Fsp3) is 0.444. The zero-order chi connectivity index (χ0) is 9.84. The van der Waals surface area contributed by atoms with E-state index in [-0.39, 0.29) is 11.9 Å². The van der Waals surface area contributed by atoms with Crippen molar-refractivity contribution >= 4 is 28.8 Å². The molecule has 2 nitrogen and oxygen atoms in total. The smallest absolute Gasteiger partial charge is 0.263 e. The van der Waals surface area contributed by atoms with Gasteiger partial charge in [-0.2, -0.15) is 0 Å². The Morgan fingerprint density at radius 3 is 2.92 bits per heavy atom. The molecule has 0 spiro atoms. The molecule has 0 saturated carbocycles. The Morgan fingerprint density at radius 1 is 1.77 bits per heavy atom. The number of nitrogens with one attached hydrogen (secondary N) is 1. The summed E-state index contributed by atoms with van der Waals surface area (Å²) >= 11 is 7.18. The Morgan fingerprint density at radius 2 is 2.46 bits per heavy atom. The van der Waals surface area contributed by atoms with Crippen LogP contribution in [0.2, 0.25) is 5.02 Å². The van der Waals surface area contributed by atoms with E-state index in [1.165, 1.54) is 11.3 Å². The lowest BCUT2D eigenvalue weighted by Crippen LogP contribution is -2.31. The van der Waals surface area contributed by atoms with E-state index < -0.39 is 0 Å². The predicted molar refractivity (Wildman–Crippen MR) is 56.5 cm³/mol. The van der Waals surface area contributed by atoms with E-state index in [0.717, 1.165) is 6.42 Å². The van der Waals surface area contributed by atoms with Crippen molar-refractivity contribution in [3.8, 4) is 0 Å². The molecule has 0 aliphatic heterocycles. The highest BCUT2D eigenvalue weighted by molar-refractivity contribution is 7.12. The van der Waals surface area contributed by atoms with Gasteiger partial charge in [-0.1, -0.05) is 18.5 Å². The Kier molecular flexibility index (Phi) is 3.75. The largest absolute Gasteiger partial charge is 0.349 e. The Labute approximate surface area is 86.9 Å². The lowest BCUT2D eigenvalue weighted by atomic mass is 10.2. The molecule has 0 radical (unpaired) electrons. The summed E-state index contributed by atoms with van der Waals surface area (Å²) in [6.07, 6.45) is 0.925. The van der Waals surface area contributed by atoms with Crippen LogP contribution in [0.25, 0.3) is 0 Å². The molecular formula is C9H12ClNOS. The summed E-state index contributed by atoms with van der Waals surface area (Å²) in [5, 5.41) is 5.21. The van der Waals surface area contributed by atoms with Crippen LogP contribution in [0.1, 0.15) is 29.9 Å². The minimum Gasteiger partial charge on any atom is -0.349 e. The van der Waals surface area contributed by atoms with Gasteiger partial charge in [0.2, 0.25) is 0 Å². The van der Waals surface area contributed by atoms with Crippen LogP contribution in [0.15, 0.2) is 11.4 Å². The first-order chi connectivity index (χ1) is 6.15. The van der Waals surface area contributed by atoms with Crippen LogP contribution >= 0.6 is 22.9 Å². The fourth-order valence-corrected chi connectivity index (χ4v) is 1.89. The molecule has 72 valence electrons. The summed E-state index contributed by atoms with van der Waals surface area (Å²) < 4.78 is 0. The number of carbonyl (C=O) groups excluding carboxylic acids is 1. The topological polar surface area (TPSA) is 29.1 Å². The molecule has 1 heterocycles. The third-order valence-electron chi connectivity index (χ3n) is 1.81. The van der Waals surface area contributed by atoms with Gasteiger partial charge in [0.15, 0.2) is 0 Å². The lowest BCUT2D eigenvalue weighted by molar-refractivity contribution is 0.0943. The predicted octanol–water partition coefficient (Wildman–Crippen LogP) is 2.93. The normalized spacial score (nSPS) is 12.5. The van der Waals surface area contributed by atoms with E-state index in [9.17, 15) is 4.79 Å². The molecule has 0 aliphatic rings. The van der Waals surface area contributed by atoms with Crippen molar-refractivity contribution in [2.75, 3.05) is 0 Å². The van der Waals surface area contributed by atoms with Crippen molar-refractivity contribution in [1.82, 2.24) is 5.32 Å². The number of rotatable bonds is 3. The van der Waals surface area contributed by atoms with Gasteiger partial charge in [-0.25, -0.2) is 0 Å². The molecule has 0 fully saturated rings. The van der Waals surface area contributed by atoms with E-state index in [4.69, 9.17) is 11.6 Å². The number of hydrogen-bond acceptors (Lipinski definition) is 2. The van der Waals surface area contributed by atoms with E-state index >= 15 is 0 Å². The highest BCUT2D eigenvalue weighted by atomic mass is 35.5. The van der Waals surface area contributed by atoms with Gasteiger partial charge in [0.1, 0.15) is 4.88 Å². The molecule has 13 heavy (non-hydrogen) atoms. The van der Waals surface area contributed by atoms with Crippen LogP contribution in [-0.4, -0.2) is 11.9 Å². The summed E-state index contributed by atoms with van der Waals surface area (Å²) in [5.41, 5.74) is 0. The summed E-state index contributed by atoms with van der Waals surface area (Å²) in [5.74, 6) is -0.0747. The van der Waals surface area contributed by atoms with Crippen molar-refractivity contribution in [3.63, 3.8) is 0 Å². The van der Waals surface area contributed by atoms with E-state index in [0.29, 0.717) is 9.90 Å². The molecule has 0 bridgehead atoms. The molecule has 1 amide bonds. The average Bonchev–Trinajstić information content (AvgIpc) is 2.51. The summed E-state index contributed by atoms with van der Waals surface area (Å²) in [4.78, 5) is 12.1. The lowest BCUT2D eigenvalue weighted by Gasteiger charge is -2.09. The molecule has 0 aromatic carbocycles. The number of hydrogen-bond donors (Lipinski definition) is 1. The van der Waals surface area contributed by atoms with Crippen molar-refractivity contribution in [1.29, 1.82) is 0 Å². The molecule has 1 N–H and O–H groups in total. The molecule has 1 aromatic heterocycles. The van der Waals surface area contributed by atoms with Gasteiger partial charge >= 0.3 is 0 Å². The van der Waals surface area contributed by atoms with Crippen molar-refractivity contribution < 1.29 is 4.79 Å². The Bertz CT molecular complexity index is 298. The second kappa shape index (κ2) is 4.63. The SMILES string of the molecule is CCC(C)NC(=O)c1sccc1Cl. The van der Waals surface area contributed by atoms with Gasteiger partial charge in [-0.3, -0.25) is 4.79 Å². The highest BCUT2D eigenvalue weighted by Gasteiger charge is 2.12. The fourth-order valence-electron chi connectivity index (χ4n) is 0.847. The van der Waals surface area contributed by atoms with Gasteiger partial charge in [0.05, 0.1) is 5.02 Å². The summed E-state index contributed by atoms with van der Waals surface area (Å²) in [6, 6.07) is 1.93. The molecule has 1 unspecified atom stereocenters. The quantitative estimate of drug-likeness (QED) is 0.829. The van der Waals surface area contributed by atoms with Crippen molar-refractivity contribution in [2.24, 2.45) is 0 Å². The molecule has 4 heteroatoms. The van der Waals surface area contributed by atoms with Crippen LogP contribution in [-0.2, 0) is 0 Å². The van der Waals surface area contributed by atoms with Crippen LogP contribution in [0.4, 0.5) is 0 Å². The zero-order valence-electron chi connectivity index (χ0n) is 7.63. The minimum atomic E-state index is -0.0747. The number of thiophene rings is 1. The standard InChI is InChI=1S/C9H12ClNOS/c1-3-6(2)11-9(12)8-7(10)4-5-13-8/h4-6H,3H2,1-2H3,(H,11,12). The molecule has 0 aliphatic carbocycles. The van der Waals surface area contributed by atoms with Gasteiger partial charge in [0, 0.05) is 6.04 Å². The van der Waals surface area contributed by atoms with Crippen molar-refractivity contribution in [3.05, 3.63) is 21.3 Å². The van der Waals surface area contributed by atoms with E-state index in [1.54, 1.807) is 6.07 Å². The van der Waals surface area contributed by atoms with Crippen LogP contribution < -0.4 is 5.32 Å². The van der Waals surface area contributed by atoms with E-state index in [2.05, 4.69) is 5.32 Å². The molecule has 1 atom stereocenters. The monoisotopic (exact) mass is 217 g/mol. The maximum atomic E-state index is 11.5. The van der Waals surface area contributed by atoms with Crippen LogP contribution in [0.5, 0.6) is 0 Å². The van der Waals surface area contributed by atoms with Gasteiger partial charge in [-0.05, 0) is 24.8 Å². The Balaban J connectivity index is 2.64. The molecule has 0 saturated heterocycles.